The van der Waals surface area contributed by atoms with E-state index in [1.54, 1.807) is 11.3 Å². The van der Waals surface area contributed by atoms with Gasteiger partial charge in [0.2, 0.25) is 0 Å². The van der Waals surface area contributed by atoms with Gasteiger partial charge in [0.1, 0.15) is 10.8 Å². The summed E-state index contributed by atoms with van der Waals surface area (Å²) in [4.78, 5) is 6.00. The van der Waals surface area contributed by atoms with Crippen molar-refractivity contribution in [1.82, 2.24) is 10.3 Å². The van der Waals surface area contributed by atoms with Crippen LogP contribution in [0.4, 0.5) is 0 Å². The average molecular weight is 379 g/mol. The molecule has 1 heterocycles. The first kappa shape index (κ1) is 18.2. The zero-order valence-corrected chi connectivity index (χ0v) is 17.0. The highest BCUT2D eigenvalue weighted by Crippen LogP contribution is 2.38. The lowest BCUT2D eigenvalue weighted by atomic mass is 10.0. The number of hydrogen-bond donors (Lipinski definition) is 1. The second-order valence-corrected chi connectivity index (χ2v) is 8.38. The summed E-state index contributed by atoms with van der Waals surface area (Å²) in [6.07, 6.45) is 5.86. The Morgan fingerprint density at radius 1 is 1.19 bits per heavy atom. The summed E-state index contributed by atoms with van der Waals surface area (Å²) in [5.74, 6) is 0.945. The number of ether oxygens (including phenoxy) is 1. The van der Waals surface area contributed by atoms with Gasteiger partial charge < -0.3 is 10.1 Å². The third kappa shape index (κ3) is 3.78. The van der Waals surface area contributed by atoms with Gasteiger partial charge in [-0.25, -0.2) is 4.98 Å². The molecule has 0 bridgehead atoms. The van der Waals surface area contributed by atoms with Gasteiger partial charge in [-0.05, 0) is 75.0 Å². The fraction of sp³-hybridized carbons (Fsp3) is 0.348. The van der Waals surface area contributed by atoms with Gasteiger partial charge in [-0.15, -0.1) is 11.3 Å². The molecule has 140 valence electrons. The Bertz CT molecular complexity index is 945. The molecule has 2 aromatic carbocycles. The lowest BCUT2D eigenvalue weighted by Crippen LogP contribution is -2.11. The number of rotatable bonds is 6. The van der Waals surface area contributed by atoms with Crippen molar-refractivity contribution in [1.29, 1.82) is 0 Å². The van der Waals surface area contributed by atoms with Gasteiger partial charge in [0.05, 0.1) is 11.0 Å². The van der Waals surface area contributed by atoms with E-state index < -0.39 is 0 Å². The topological polar surface area (TPSA) is 34.2 Å². The number of nitrogens with one attached hydrogen (secondary N) is 1. The van der Waals surface area contributed by atoms with Gasteiger partial charge in [0, 0.05) is 23.9 Å². The smallest absolute Gasteiger partial charge is 0.124 e. The van der Waals surface area contributed by atoms with E-state index in [1.807, 2.05) is 13.2 Å². The molecule has 0 saturated heterocycles. The molecule has 0 amide bonds. The zero-order chi connectivity index (χ0) is 18.8. The van der Waals surface area contributed by atoms with Gasteiger partial charge >= 0.3 is 0 Å². The number of thiazole rings is 1. The van der Waals surface area contributed by atoms with E-state index in [4.69, 9.17) is 9.72 Å². The van der Waals surface area contributed by atoms with Crippen molar-refractivity contribution in [2.24, 2.45) is 0 Å². The monoisotopic (exact) mass is 378 g/mol. The van der Waals surface area contributed by atoms with Crippen LogP contribution in [0.1, 0.15) is 37.0 Å². The first-order valence-corrected chi connectivity index (χ1v) is 10.5. The summed E-state index contributed by atoms with van der Waals surface area (Å²) in [7, 11) is 1.96. The average Bonchev–Trinajstić information content (AvgIpc) is 3.32. The minimum atomic E-state index is 0.165. The van der Waals surface area contributed by atoms with Crippen LogP contribution in [0.2, 0.25) is 0 Å². The van der Waals surface area contributed by atoms with Crippen molar-refractivity contribution < 1.29 is 4.74 Å². The predicted octanol–water partition coefficient (Wildman–Crippen LogP) is 5.47. The van der Waals surface area contributed by atoms with E-state index in [0.29, 0.717) is 0 Å². The highest BCUT2D eigenvalue weighted by Gasteiger charge is 2.17. The minimum Gasteiger partial charge on any atom is -0.491 e. The highest BCUT2D eigenvalue weighted by atomic mass is 32.1. The van der Waals surface area contributed by atoms with E-state index >= 15 is 0 Å². The lowest BCUT2D eigenvalue weighted by molar-refractivity contribution is 0.239. The molecule has 1 N–H and O–H groups in total. The van der Waals surface area contributed by atoms with Crippen molar-refractivity contribution >= 4 is 11.3 Å². The molecule has 0 spiro atoms. The standard InChI is InChI=1S/C23H26N2OS/c1-15(2)26-21-11-10-17(12-18(21)13-24-3)23-25-14-22(27-23)20-9-5-7-16-6-4-8-19(16)20/h5,7,9-12,14-15,24H,4,6,8,13H2,1-3H3. The summed E-state index contributed by atoms with van der Waals surface area (Å²) >= 11 is 1.78. The number of fused-ring (bicyclic) bond motifs is 1. The molecule has 0 aliphatic heterocycles. The molecule has 0 saturated carbocycles. The quantitative estimate of drug-likeness (QED) is 0.617. The summed E-state index contributed by atoms with van der Waals surface area (Å²) in [6, 6.07) is 13.1. The Morgan fingerprint density at radius 3 is 2.89 bits per heavy atom. The summed E-state index contributed by atoms with van der Waals surface area (Å²) in [6.45, 7) is 4.89. The van der Waals surface area contributed by atoms with E-state index in [9.17, 15) is 0 Å². The van der Waals surface area contributed by atoms with Gasteiger partial charge in [-0.2, -0.15) is 0 Å². The Morgan fingerprint density at radius 2 is 2.07 bits per heavy atom. The van der Waals surface area contributed by atoms with Crippen LogP contribution in [0.15, 0.2) is 42.6 Å². The van der Waals surface area contributed by atoms with Gasteiger partial charge in [-0.3, -0.25) is 0 Å². The van der Waals surface area contributed by atoms with Crippen LogP contribution in [0.25, 0.3) is 21.0 Å². The number of benzene rings is 2. The zero-order valence-electron chi connectivity index (χ0n) is 16.2. The normalized spacial score (nSPS) is 13.2. The van der Waals surface area contributed by atoms with Gasteiger partial charge in [-0.1, -0.05) is 18.2 Å². The maximum Gasteiger partial charge on any atom is 0.124 e. The second kappa shape index (κ2) is 7.83. The Labute approximate surface area is 165 Å². The molecule has 1 aliphatic carbocycles. The fourth-order valence-corrected chi connectivity index (χ4v) is 4.76. The van der Waals surface area contributed by atoms with Gasteiger partial charge in [0.25, 0.3) is 0 Å². The van der Waals surface area contributed by atoms with Crippen molar-refractivity contribution in [3.05, 3.63) is 59.3 Å². The molecule has 0 fully saturated rings. The summed E-state index contributed by atoms with van der Waals surface area (Å²) in [5, 5.41) is 4.30. The summed E-state index contributed by atoms with van der Waals surface area (Å²) < 4.78 is 5.96. The van der Waals surface area contributed by atoms with Crippen LogP contribution in [-0.4, -0.2) is 18.1 Å². The molecule has 3 nitrogen and oxygen atoms in total. The molecule has 0 radical (unpaired) electrons. The Hall–Kier alpha value is -2.17. The number of aryl methyl sites for hydroxylation is 1. The first-order chi connectivity index (χ1) is 13.2. The molecule has 3 aromatic rings. The number of hydrogen-bond acceptors (Lipinski definition) is 4. The van der Waals surface area contributed by atoms with E-state index in [1.165, 1.54) is 46.4 Å². The molecule has 1 aromatic heterocycles. The third-order valence-electron chi connectivity index (χ3n) is 4.95. The van der Waals surface area contributed by atoms with Crippen molar-refractivity contribution in [2.45, 2.75) is 45.8 Å². The van der Waals surface area contributed by atoms with E-state index in [2.05, 4.69) is 55.6 Å². The predicted molar refractivity (Wildman–Crippen MR) is 114 cm³/mol. The molecule has 4 rings (SSSR count). The van der Waals surface area contributed by atoms with Gasteiger partial charge in [0.15, 0.2) is 0 Å². The van der Waals surface area contributed by atoms with Crippen LogP contribution in [0.5, 0.6) is 5.75 Å². The fourth-order valence-electron chi connectivity index (χ4n) is 3.79. The van der Waals surface area contributed by atoms with Crippen LogP contribution in [0.3, 0.4) is 0 Å². The molecular weight excluding hydrogens is 352 g/mol. The largest absolute Gasteiger partial charge is 0.491 e. The van der Waals surface area contributed by atoms with E-state index in [0.717, 1.165) is 22.9 Å². The first-order valence-electron chi connectivity index (χ1n) is 9.67. The Kier molecular flexibility index (Phi) is 5.28. The minimum absolute atomic E-state index is 0.165. The van der Waals surface area contributed by atoms with Crippen LogP contribution in [-0.2, 0) is 19.4 Å². The van der Waals surface area contributed by atoms with Crippen LogP contribution < -0.4 is 10.1 Å². The SMILES string of the molecule is CNCc1cc(-c2ncc(-c3cccc4c3CCC4)s2)ccc1OC(C)C. The lowest BCUT2D eigenvalue weighted by Gasteiger charge is -2.15. The summed E-state index contributed by atoms with van der Waals surface area (Å²) in [5.41, 5.74) is 6.71. The highest BCUT2D eigenvalue weighted by molar-refractivity contribution is 7.18. The number of nitrogens with zero attached hydrogens (tertiary/aromatic N) is 1. The van der Waals surface area contributed by atoms with Crippen LogP contribution >= 0.6 is 11.3 Å². The number of aromatic nitrogens is 1. The molecule has 27 heavy (non-hydrogen) atoms. The molecule has 0 atom stereocenters. The Balaban J connectivity index is 1.67. The van der Waals surface area contributed by atoms with E-state index in [-0.39, 0.29) is 6.10 Å². The molecular formula is C23H26N2OS. The molecule has 1 aliphatic rings. The maximum atomic E-state index is 5.96. The second-order valence-electron chi connectivity index (χ2n) is 7.35. The van der Waals surface area contributed by atoms with Crippen LogP contribution in [0, 0.1) is 0 Å². The third-order valence-corrected chi connectivity index (χ3v) is 6.03. The van der Waals surface area contributed by atoms with Crippen molar-refractivity contribution in [3.8, 4) is 26.8 Å². The molecule has 0 unspecified atom stereocenters. The van der Waals surface area contributed by atoms with Crippen molar-refractivity contribution in [2.75, 3.05) is 7.05 Å². The molecule has 4 heteroatoms. The maximum absolute atomic E-state index is 5.96. The van der Waals surface area contributed by atoms with Crippen molar-refractivity contribution in [3.63, 3.8) is 0 Å².